The van der Waals surface area contributed by atoms with E-state index in [4.69, 9.17) is 19.4 Å². The fourth-order valence-corrected chi connectivity index (χ4v) is 10.6. The highest BCUT2D eigenvalue weighted by Gasteiger charge is 2.21. The number of para-hydroxylation sites is 4. The lowest BCUT2D eigenvalue weighted by atomic mass is 10.00. The summed E-state index contributed by atoms with van der Waals surface area (Å²) in [6, 6.07) is 77.1. The van der Waals surface area contributed by atoms with Gasteiger partial charge < -0.3 is 13.6 Å². The third-order valence-electron chi connectivity index (χ3n) is 13.8. The molecule has 0 radical (unpaired) electrons. The van der Waals surface area contributed by atoms with E-state index in [9.17, 15) is 0 Å². The Hall–Kier alpha value is -9.39. The highest BCUT2D eigenvalue weighted by Crippen LogP contribution is 2.39. The van der Waals surface area contributed by atoms with Crippen molar-refractivity contribution in [3.63, 3.8) is 0 Å². The van der Waals surface area contributed by atoms with Crippen LogP contribution in [0.25, 0.3) is 123 Å². The van der Waals surface area contributed by atoms with Gasteiger partial charge in [-0.2, -0.15) is 0 Å². The summed E-state index contributed by atoms with van der Waals surface area (Å²) in [5.41, 5.74) is 15.8. The first-order valence-corrected chi connectivity index (χ1v) is 23.7. The van der Waals surface area contributed by atoms with Gasteiger partial charge in [-0.25, -0.2) is 15.0 Å². The summed E-state index contributed by atoms with van der Waals surface area (Å²) in [6.07, 6.45) is 7.25. The van der Waals surface area contributed by atoms with Crippen LogP contribution in [0.4, 0.5) is 0 Å². The van der Waals surface area contributed by atoms with Crippen molar-refractivity contribution < 1.29 is 4.42 Å². The third kappa shape index (κ3) is 6.45. The van der Waals surface area contributed by atoms with E-state index in [2.05, 4.69) is 185 Å². The van der Waals surface area contributed by atoms with E-state index < -0.39 is 0 Å². The molecule has 6 nitrogen and oxygen atoms in total. The molecule has 0 N–H and O–H groups in total. The molecule has 4 aromatic heterocycles. The van der Waals surface area contributed by atoms with Crippen molar-refractivity contribution in [3.8, 4) is 56.7 Å². The number of hydrogen-bond acceptors (Lipinski definition) is 4. The van der Waals surface area contributed by atoms with Crippen molar-refractivity contribution in [2.24, 2.45) is 0 Å². The van der Waals surface area contributed by atoms with Crippen molar-refractivity contribution in [1.82, 2.24) is 24.1 Å². The van der Waals surface area contributed by atoms with E-state index in [1.807, 2.05) is 60.7 Å². The summed E-state index contributed by atoms with van der Waals surface area (Å²) in [4.78, 5) is 15.0. The molecule has 1 aliphatic carbocycles. The smallest absolute Gasteiger partial charge is 0.164 e. The Morgan fingerprint density at radius 3 is 1.53 bits per heavy atom. The fraction of sp³-hybridized carbons (Fsp3) is 0.0156. The Morgan fingerprint density at radius 1 is 0.371 bits per heavy atom. The Morgan fingerprint density at radius 2 is 0.871 bits per heavy atom. The predicted molar refractivity (Wildman–Crippen MR) is 286 cm³/mol. The van der Waals surface area contributed by atoms with Crippen LogP contribution < -0.4 is 10.6 Å². The zero-order chi connectivity index (χ0) is 46.1. The van der Waals surface area contributed by atoms with Gasteiger partial charge in [0.2, 0.25) is 0 Å². The first-order chi connectivity index (χ1) is 34.7. The number of rotatable bonds is 7. The average molecular weight is 896 g/mol. The number of furan rings is 1. The fourth-order valence-electron chi connectivity index (χ4n) is 10.6. The van der Waals surface area contributed by atoms with Crippen molar-refractivity contribution in [2.45, 2.75) is 6.42 Å². The van der Waals surface area contributed by atoms with Crippen LogP contribution in [0.15, 0.2) is 235 Å². The maximum absolute atomic E-state index is 7.22. The minimum atomic E-state index is 0.615. The van der Waals surface area contributed by atoms with Gasteiger partial charge in [0, 0.05) is 60.1 Å². The lowest BCUT2D eigenvalue weighted by Crippen LogP contribution is -2.22. The molecule has 0 bridgehead atoms. The van der Waals surface area contributed by atoms with E-state index >= 15 is 0 Å². The third-order valence-corrected chi connectivity index (χ3v) is 13.8. The molecule has 14 rings (SSSR count). The Bertz CT molecular complexity index is 4310. The molecule has 9 aromatic carbocycles. The monoisotopic (exact) mass is 895 g/mol. The van der Waals surface area contributed by atoms with Crippen LogP contribution in [0, 0.1) is 0 Å². The first-order valence-electron chi connectivity index (χ1n) is 23.7. The van der Waals surface area contributed by atoms with E-state index in [1.54, 1.807) is 0 Å². The summed E-state index contributed by atoms with van der Waals surface area (Å²) in [6.45, 7) is 0. The number of aromatic nitrogens is 5. The Kier molecular flexibility index (Phi) is 9.17. The standard InChI is InChI=1S/C64H41N5O/c1-4-18-41(19-5-1)62-65-63(42-20-6-2-7-21-42)67-64(66-62)46-23-16-22-45(38-46)48-26-10-11-29-51-52-30-17-33-59(61(52)70-60(48)51)69-56-32-15-13-28-50(56)54-40-44(35-37-58(54)69)43-34-36-57-53(39-43)49-27-12-14-31-55(49)68(57)47-24-8-3-9-25-47/h1-25,27-40H,26H2. The second-order valence-corrected chi connectivity index (χ2v) is 17.9. The summed E-state index contributed by atoms with van der Waals surface area (Å²) in [7, 11) is 0. The van der Waals surface area contributed by atoms with E-state index in [1.165, 1.54) is 43.7 Å². The summed E-state index contributed by atoms with van der Waals surface area (Å²) in [5, 5.41) is 6.98. The van der Waals surface area contributed by atoms with Gasteiger partial charge in [0.05, 0.1) is 27.8 Å². The van der Waals surface area contributed by atoms with Crippen LogP contribution in [-0.4, -0.2) is 24.1 Å². The SMILES string of the molecule is C1=CCC(c2cccc(-c3nc(-c4ccccc4)nc(-c4ccccc4)n3)c2)=c2oc3c(-n4c5ccccc5c5cc(-c6ccc7c(c6)c6ccccc6n7-c6ccccc6)ccc54)cccc3c2=C1. The molecule has 0 saturated heterocycles. The van der Waals surface area contributed by atoms with Gasteiger partial charge in [-0.1, -0.05) is 176 Å². The minimum Gasteiger partial charge on any atom is -0.454 e. The van der Waals surface area contributed by atoms with Crippen LogP contribution in [-0.2, 0) is 0 Å². The molecular weight excluding hydrogens is 855 g/mol. The van der Waals surface area contributed by atoms with Crippen molar-refractivity contribution in [1.29, 1.82) is 0 Å². The molecular formula is C64H41N5O. The summed E-state index contributed by atoms with van der Waals surface area (Å²) >= 11 is 0. The van der Waals surface area contributed by atoms with Crippen LogP contribution in [0.1, 0.15) is 12.0 Å². The summed E-state index contributed by atoms with van der Waals surface area (Å²) in [5.74, 6) is 1.88. The lowest BCUT2D eigenvalue weighted by Gasteiger charge is -2.10. The zero-order valence-corrected chi connectivity index (χ0v) is 37.9. The van der Waals surface area contributed by atoms with Crippen LogP contribution in [0.5, 0.6) is 0 Å². The van der Waals surface area contributed by atoms with Gasteiger partial charge in [-0.15, -0.1) is 0 Å². The molecule has 70 heavy (non-hydrogen) atoms. The maximum Gasteiger partial charge on any atom is 0.164 e. The molecule has 0 amide bonds. The Labute approximate surface area is 402 Å². The number of hydrogen-bond donors (Lipinski definition) is 0. The van der Waals surface area contributed by atoms with E-state index in [0.717, 1.165) is 71.8 Å². The van der Waals surface area contributed by atoms with Gasteiger partial charge in [0.1, 0.15) is 5.42 Å². The molecule has 1 aliphatic rings. The number of nitrogens with zero attached hydrogens (tertiary/aromatic N) is 5. The number of fused-ring (bicyclic) bond motifs is 9. The van der Waals surface area contributed by atoms with Crippen LogP contribution in [0.3, 0.4) is 0 Å². The van der Waals surface area contributed by atoms with E-state index in [-0.39, 0.29) is 0 Å². The van der Waals surface area contributed by atoms with Crippen molar-refractivity contribution in [3.05, 3.63) is 247 Å². The first kappa shape index (κ1) is 39.7. The predicted octanol–water partition coefficient (Wildman–Crippen LogP) is 14.4. The quantitative estimate of drug-likeness (QED) is 0.160. The molecule has 328 valence electrons. The molecule has 0 fully saturated rings. The van der Waals surface area contributed by atoms with E-state index in [0.29, 0.717) is 23.9 Å². The Balaban J connectivity index is 0.909. The average Bonchev–Trinajstić information content (AvgIpc) is 4.03. The highest BCUT2D eigenvalue weighted by molar-refractivity contribution is 6.13. The van der Waals surface area contributed by atoms with Gasteiger partial charge in [-0.3, -0.25) is 0 Å². The summed E-state index contributed by atoms with van der Waals surface area (Å²) < 4.78 is 12.0. The van der Waals surface area contributed by atoms with Crippen LogP contribution >= 0.6 is 0 Å². The molecule has 0 spiro atoms. The van der Waals surface area contributed by atoms with Crippen molar-refractivity contribution in [2.75, 3.05) is 0 Å². The second kappa shape index (κ2) is 16.1. The molecule has 6 heteroatoms. The number of allylic oxidation sites excluding steroid dienone is 2. The topological polar surface area (TPSA) is 61.7 Å². The molecule has 0 aliphatic heterocycles. The van der Waals surface area contributed by atoms with Gasteiger partial charge in [-0.05, 0) is 83.8 Å². The largest absolute Gasteiger partial charge is 0.454 e. The normalized spacial score (nSPS) is 12.5. The highest BCUT2D eigenvalue weighted by atomic mass is 16.3. The molecule has 0 atom stereocenters. The van der Waals surface area contributed by atoms with Crippen molar-refractivity contribution >= 4 is 66.2 Å². The van der Waals surface area contributed by atoms with Crippen LogP contribution in [0.2, 0.25) is 0 Å². The molecule has 0 saturated carbocycles. The molecule has 4 heterocycles. The van der Waals surface area contributed by atoms with Gasteiger partial charge in [0.15, 0.2) is 23.1 Å². The lowest BCUT2D eigenvalue weighted by molar-refractivity contribution is 0.570. The second-order valence-electron chi connectivity index (χ2n) is 17.9. The molecule has 13 aromatic rings. The van der Waals surface area contributed by atoms with Gasteiger partial charge >= 0.3 is 0 Å². The van der Waals surface area contributed by atoms with Gasteiger partial charge in [0.25, 0.3) is 0 Å². The maximum atomic E-state index is 7.22. The number of benzene rings is 9. The zero-order valence-electron chi connectivity index (χ0n) is 37.9. The minimum absolute atomic E-state index is 0.615. The molecule has 0 unspecified atom stereocenters.